The Morgan fingerprint density at radius 3 is 1.77 bits per heavy atom. The minimum absolute atomic E-state index is 0.320. The smallest absolute Gasteiger partial charge is 0.119 e. The van der Waals surface area contributed by atoms with Crippen LogP contribution in [-0.2, 0) is 0 Å². The number of ether oxygens (including phenoxy) is 1. The number of allylic oxidation sites excluding steroid dienone is 4. The van der Waals surface area contributed by atoms with Gasteiger partial charge in [0.2, 0.25) is 0 Å². The molecule has 0 atom stereocenters. The van der Waals surface area contributed by atoms with Crippen LogP contribution in [0.5, 0.6) is 5.75 Å². The highest BCUT2D eigenvalue weighted by molar-refractivity contribution is 6.27. The number of nitrogens with one attached hydrogen (secondary N) is 2. The maximum Gasteiger partial charge on any atom is 0.119 e. The average molecular weight is 521 g/mol. The molecule has 0 aliphatic heterocycles. The molecule has 190 valence electrons. The molecule has 40 heavy (non-hydrogen) atoms. The van der Waals surface area contributed by atoms with Crippen LogP contribution in [0.3, 0.4) is 0 Å². The van der Waals surface area contributed by atoms with Crippen molar-refractivity contribution in [1.82, 2.24) is 29.9 Å². The number of hydrogen-bond donors (Lipinski definition) is 2. The van der Waals surface area contributed by atoms with Gasteiger partial charge in [-0.15, -0.1) is 0 Å². The summed E-state index contributed by atoms with van der Waals surface area (Å²) in [6.45, 7) is 0. The van der Waals surface area contributed by atoms with Crippen molar-refractivity contribution >= 4 is 44.1 Å². The fourth-order valence-corrected chi connectivity index (χ4v) is 4.90. The van der Waals surface area contributed by atoms with Gasteiger partial charge in [-0.05, 0) is 24.3 Å². The molecule has 4 heterocycles. The second-order valence-electron chi connectivity index (χ2n) is 8.84. The molecule has 4 aromatic heterocycles. The van der Waals surface area contributed by atoms with Crippen molar-refractivity contribution in [3.63, 3.8) is 0 Å². The zero-order valence-corrected chi connectivity index (χ0v) is 21.3. The van der Waals surface area contributed by atoms with E-state index in [9.17, 15) is 10.5 Å². The van der Waals surface area contributed by atoms with Gasteiger partial charge in [0.15, 0.2) is 0 Å². The molecule has 2 N–H and O–H groups in total. The Morgan fingerprint density at radius 1 is 0.700 bits per heavy atom. The maximum atomic E-state index is 10.7. The van der Waals surface area contributed by atoms with Gasteiger partial charge in [0.25, 0.3) is 0 Å². The van der Waals surface area contributed by atoms with Crippen molar-refractivity contribution < 1.29 is 4.74 Å². The molecule has 0 amide bonds. The van der Waals surface area contributed by atoms with E-state index in [1.807, 2.05) is 42.5 Å². The van der Waals surface area contributed by atoms with Crippen molar-refractivity contribution in [2.75, 3.05) is 7.11 Å². The van der Waals surface area contributed by atoms with Crippen LogP contribution in [0.15, 0.2) is 92.3 Å². The molecule has 6 rings (SSSR count). The molecule has 0 saturated carbocycles. The van der Waals surface area contributed by atoms with Gasteiger partial charge in [-0.2, -0.15) is 10.5 Å². The second-order valence-corrected chi connectivity index (χ2v) is 8.84. The first-order valence-corrected chi connectivity index (χ1v) is 12.2. The number of aromatic nitrogens is 6. The Labute approximate surface area is 228 Å². The van der Waals surface area contributed by atoms with Crippen LogP contribution >= 0.6 is 0 Å². The van der Waals surface area contributed by atoms with Gasteiger partial charge in [-0.25, -0.2) is 19.9 Å². The van der Waals surface area contributed by atoms with Gasteiger partial charge >= 0.3 is 0 Å². The normalized spacial score (nSPS) is 12.4. The lowest BCUT2D eigenvalue weighted by Gasteiger charge is -2.17. The average Bonchev–Trinajstić information content (AvgIpc) is 3.64. The molecule has 0 aliphatic rings. The number of nitrogens with zero attached hydrogens (tertiary/aromatic N) is 6. The largest absolute Gasteiger partial charge is 0.497 e. The summed E-state index contributed by atoms with van der Waals surface area (Å²) in [5, 5.41) is 23.1. The number of nitriles is 2. The summed E-state index contributed by atoms with van der Waals surface area (Å²) in [5.74, 6) is 0.652. The molecule has 9 nitrogen and oxygen atoms in total. The van der Waals surface area contributed by atoms with Crippen LogP contribution < -0.4 is 4.74 Å². The Balaban J connectivity index is 1.78. The highest BCUT2D eigenvalue weighted by Crippen LogP contribution is 2.43. The number of H-pyrrole nitrogens is 2. The standard InChI is InChI=1S/C31H20N8O/c1-40-21-6-7-29-23(8-21)27(16-39-29)25(10-33)31(20-13-36-18-37-14-20)30(19-11-34-17-35-12-19)24(9-32)26-15-38-28-5-3-2-4-22(26)28/h2-8,11-18,38-39H,1H3/b30-24-,31-25-. The van der Waals surface area contributed by atoms with Crippen LogP contribution in [0.2, 0.25) is 0 Å². The third kappa shape index (κ3) is 4.14. The van der Waals surface area contributed by atoms with Crippen molar-refractivity contribution in [1.29, 1.82) is 10.5 Å². The molecular formula is C31H20N8O. The molecular weight excluding hydrogens is 500 g/mol. The molecule has 0 unspecified atom stereocenters. The number of para-hydroxylation sites is 1. The summed E-state index contributed by atoms with van der Waals surface area (Å²) in [4.78, 5) is 23.5. The van der Waals surface area contributed by atoms with Crippen molar-refractivity contribution in [2.45, 2.75) is 0 Å². The molecule has 0 fully saturated rings. The van der Waals surface area contributed by atoms with E-state index < -0.39 is 0 Å². The number of rotatable bonds is 6. The number of aromatic amines is 2. The lowest BCUT2D eigenvalue weighted by Crippen LogP contribution is -2.01. The summed E-state index contributed by atoms with van der Waals surface area (Å²) in [7, 11) is 1.60. The van der Waals surface area contributed by atoms with Gasteiger partial charge in [0, 0.05) is 92.4 Å². The van der Waals surface area contributed by atoms with E-state index in [1.165, 1.54) is 12.7 Å². The van der Waals surface area contributed by atoms with Crippen molar-refractivity contribution in [3.8, 4) is 17.9 Å². The quantitative estimate of drug-likeness (QED) is 0.209. The molecule has 0 spiro atoms. The highest BCUT2D eigenvalue weighted by atomic mass is 16.5. The van der Waals surface area contributed by atoms with Gasteiger partial charge in [0.05, 0.1) is 18.3 Å². The second kappa shape index (κ2) is 10.4. The van der Waals surface area contributed by atoms with Crippen molar-refractivity contribution in [2.24, 2.45) is 0 Å². The van der Waals surface area contributed by atoms with E-state index >= 15 is 0 Å². The molecule has 0 saturated heterocycles. The van der Waals surface area contributed by atoms with E-state index in [2.05, 4.69) is 42.0 Å². The summed E-state index contributed by atoms with van der Waals surface area (Å²) >= 11 is 0. The first kappa shape index (κ1) is 24.3. The minimum atomic E-state index is 0.320. The van der Waals surface area contributed by atoms with Crippen LogP contribution in [0.25, 0.3) is 44.1 Å². The maximum absolute atomic E-state index is 10.7. The zero-order valence-electron chi connectivity index (χ0n) is 21.3. The Kier molecular flexibility index (Phi) is 6.29. The number of methoxy groups -OCH3 is 1. The highest BCUT2D eigenvalue weighted by Gasteiger charge is 2.26. The van der Waals surface area contributed by atoms with Crippen LogP contribution in [0.4, 0.5) is 0 Å². The SMILES string of the molecule is COc1ccc2[nH]cc(/C(C#N)=C(\C(=C(\C#N)c3c[nH]c4ccccc34)c3cncnc3)c3cncnc3)c2c1. The zero-order chi connectivity index (χ0) is 27.5. The van der Waals surface area contributed by atoms with E-state index in [4.69, 9.17) is 4.74 Å². The predicted molar refractivity (Wildman–Crippen MR) is 152 cm³/mol. The number of benzene rings is 2. The van der Waals surface area contributed by atoms with Gasteiger partial charge in [-0.1, -0.05) is 18.2 Å². The third-order valence-corrected chi connectivity index (χ3v) is 6.69. The molecule has 0 radical (unpaired) electrons. The number of hydrogen-bond acceptors (Lipinski definition) is 7. The third-order valence-electron chi connectivity index (χ3n) is 6.69. The van der Waals surface area contributed by atoms with Gasteiger partial charge in [0.1, 0.15) is 30.5 Å². The molecule has 9 heteroatoms. The fourth-order valence-electron chi connectivity index (χ4n) is 4.90. The summed E-state index contributed by atoms with van der Waals surface area (Å²) in [5.41, 5.74) is 5.78. The van der Waals surface area contributed by atoms with E-state index in [1.54, 1.807) is 44.3 Å². The van der Waals surface area contributed by atoms with Crippen LogP contribution in [0, 0.1) is 22.7 Å². The first-order valence-electron chi connectivity index (χ1n) is 12.2. The predicted octanol–water partition coefficient (Wildman–Crippen LogP) is 5.81. The van der Waals surface area contributed by atoms with Gasteiger partial charge < -0.3 is 14.7 Å². The lowest BCUT2D eigenvalue weighted by atomic mass is 9.84. The lowest BCUT2D eigenvalue weighted by molar-refractivity contribution is 0.415. The summed E-state index contributed by atoms with van der Waals surface area (Å²) in [6, 6.07) is 18.2. The summed E-state index contributed by atoms with van der Waals surface area (Å²) in [6.07, 6.45) is 12.9. The van der Waals surface area contributed by atoms with Crippen molar-refractivity contribution in [3.05, 3.63) is 115 Å². The molecule has 2 aromatic carbocycles. The first-order chi connectivity index (χ1) is 19.7. The fraction of sp³-hybridized carbons (Fsp3) is 0.0323. The van der Waals surface area contributed by atoms with Gasteiger partial charge in [-0.3, -0.25) is 0 Å². The molecule has 6 aromatic rings. The monoisotopic (exact) mass is 520 g/mol. The molecule has 0 bridgehead atoms. The number of fused-ring (bicyclic) bond motifs is 2. The summed E-state index contributed by atoms with van der Waals surface area (Å²) < 4.78 is 5.46. The van der Waals surface area contributed by atoms with Crippen LogP contribution in [-0.4, -0.2) is 37.0 Å². The van der Waals surface area contributed by atoms with E-state index in [-0.39, 0.29) is 0 Å². The Hall–Kier alpha value is -6.06. The van der Waals surface area contributed by atoms with E-state index in [0.29, 0.717) is 50.3 Å². The topological polar surface area (TPSA) is 140 Å². The molecule has 0 aliphatic carbocycles. The Bertz CT molecular complexity index is 2010. The minimum Gasteiger partial charge on any atom is -0.497 e. The van der Waals surface area contributed by atoms with E-state index in [0.717, 1.165) is 21.8 Å². The van der Waals surface area contributed by atoms with Crippen LogP contribution in [0.1, 0.15) is 22.3 Å². The Morgan fingerprint density at radius 2 is 1.23 bits per heavy atom.